The minimum atomic E-state index is -4.56. The Labute approximate surface area is 202 Å². The Balaban J connectivity index is 1.70. The second-order valence-corrected chi connectivity index (χ2v) is 11.7. The third kappa shape index (κ3) is 5.78. The van der Waals surface area contributed by atoms with Crippen LogP contribution in [0.15, 0.2) is 46.3 Å². The molecule has 0 amide bonds. The van der Waals surface area contributed by atoms with Crippen LogP contribution in [-0.4, -0.2) is 48.9 Å². The maximum absolute atomic E-state index is 13.3. The van der Waals surface area contributed by atoms with Crippen molar-refractivity contribution in [3.8, 4) is 5.88 Å². The number of fused-ring (bicyclic) bond motifs is 1. The number of sulfone groups is 1. The Hall–Kier alpha value is -2.66. The molecule has 4 rings (SSSR count). The highest BCUT2D eigenvalue weighted by molar-refractivity contribution is 7.91. The van der Waals surface area contributed by atoms with E-state index in [0.717, 1.165) is 56.2 Å². The van der Waals surface area contributed by atoms with Crippen molar-refractivity contribution in [2.75, 3.05) is 19.8 Å². The van der Waals surface area contributed by atoms with Gasteiger partial charge in [0.15, 0.2) is 6.61 Å². The van der Waals surface area contributed by atoms with Crippen molar-refractivity contribution in [1.29, 1.82) is 0 Å². The third-order valence-electron chi connectivity index (χ3n) is 5.88. The summed E-state index contributed by atoms with van der Waals surface area (Å²) in [6, 6.07) is 6.98. The van der Waals surface area contributed by atoms with Gasteiger partial charge in [-0.25, -0.2) is 18.4 Å². The fourth-order valence-electron chi connectivity index (χ4n) is 4.15. The van der Waals surface area contributed by atoms with E-state index < -0.39 is 28.5 Å². The topological polar surface area (TPSA) is 83.3 Å². The summed E-state index contributed by atoms with van der Waals surface area (Å²) in [6.07, 6.45) is -1.54. The summed E-state index contributed by atoms with van der Waals surface area (Å²) in [7, 11) is -4.04. The van der Waals surface area contributed by atoms with Gasteiger partial charge < -0.3 is 14.0 Å². The Bertz CT molecular complexity index is 1310. The SMILES string of the molecule is CC(C)(C)c1nc2cc(S(=O)(=O)c3ccnc(OCC(F)(F)F)c3)ccc2n1CC1CCOCC1. The Kier molecular flexibility index (Phi) is 6.85. The van der Waals surface area contributed by atoms with Gasteiger partial charge in [-0.3, -0.25) is 0 Å². The van der Waals surface area contributed by atoms with E-state index in [-0.39, 0.29) is 15.2 Å². The van der Waals surface area contributed by atoms with Crippen LogP contribution in [0.4, 0.5) is 13.2 Å². The van der Waals surface area contributed by atoms with Gasteiger partial charge >= 0.3 is 6.18 Å². The van der Waals surface area contributed by atoms with Gasteiger partial charge in [0, 0.05) is 37.4 Å². The first-order chi connectivity index (χ1) is 16.3. The number of nitrogens with zero attached hydrogens (tertiary/aromatic N) is 3. The lowest BCUT2D eigenvalue weighted by Gasteiger charge is -2.26. The van der Waals surface area contributed by atoms with Crippen molar-refractivity contribution in [3.63, 3.8) is 0 Å². The van der Waals surface area contributed by atoms with Gasteiger partial charge in [0.2, 0.25) is 15.7 Å². The molecule has 0 atom stereocenters. The molecule has 2 aromatic heterocycles. The van der Waals surface area contributed by atoms with Crippen LogP contribution in [0, 0.1) is 5.92 Å². The van der Waals surface area contributed by atoms with Crippen molar-refractivity contribution in [1.82, 2.24) is 14.5 Å². The number of rotatable bonds is 6. The molecule has 11 heteroatoms. The molecule has 35 heavy (non-hydrogen) atoms. The Morgan fingerprint density at radius 3 is 2.43 bits per heavy atom. The molecule has 0 bridgehead atoms. The van der Waals surface area contributed by atoms with Crippen molar-refractivity contribution < 1.29 is 31.1 Å². The predicted molar refractivity (Wildman–Crippen MR) is 123 cm³/mol. The second-order valence-electron chi connectivity index (χ2n) is 9.74. The summed E-state index contributed by atoms with van der Waals surface area (Å²) < 4.78 is 76.2. The van der Waals surface area contributed by atoms with Crippen LogP contribution in [0.3, 0.4) is 0 Å². The van der Waals surface area contributed by atoms with E-state index in [1.807, 2.05) is 0 Å². The van der Waals surface area contributed by atoms with Crippen LogP contribution in [0.25, 0.3) is 11.0 Å². The quantitative estimate of drug-likeness (QED) is 0.467. The van der Waals surface area contributed by atoms with Gasteiger partial charge in [0.1, 0.15) is 5.82 Å². The van der Waals surface area contributed by atoms with Gasteiger partial charge in [-0.05, 0) is 43.0 Å². The standard InChI is InChI=1S/C24H28F3N3O4S/c1-23(2,3)22-29-19-12-17(4-5-20(19)30(22)14-16-7-10-33-11-8-16)35(31,32)18-6-9-28-21(13-18)34-15-24(25,26)27/h4-6,9,12-13,16H,7-8,10-11,14-15H2,1-3H3. The first kappa shape index (κ1) is 25.4. The lowest BCUT2D eigenvalue weighted by atomic mass is 9.94. The van der Waals surface area contributed by atoms with Crippen molar-refractivity contribution in [3.05, 3.63) is 42.4 Å². The van der Waals surface area contributed by atoms with Crippen molar-refractivity contribution in [2.45, 2.75) is 61.5 Å². The lowest BCUT2D eigenvalue weighted by molar-refractivity contribution is -0.154. The largest absolute Gasteiger partial charge is 0.468 e. The van der Waals surface area contributed by atoms with Gasteiger partial charge in [0.25, 0.3) is 0 Å². The summed E-state index contributed by atoms with van der Waals surface area (Å²) in [5.41, 5.74) is 1.12. The number of alkyl halides is 3. The number of pyridine rings is 1. The lowest BCUT2D eigenvalue weighted by Crippen LogP contribution is -2.25. The van der Waals surface area contributed by atoms with E-state index in [9.17, 15) is 21.6 Å². The normalized spacial score (nSPS) is 16.1. The smallest absolute Gasteiger partial charge is 0.422 e. The van der Waals surface area contributed by atoms with Crippen LogP contribution in [0.1, 0.15) is 39.4 Å². The molecule has 190 valence electrons. The van der Waals surface area contributed by atoms with E-state index in [1.165, 1.54) is 18.2 Å². The van der Waals surface area contributed by atoms with E-state index in [1.54, 1.807) is 6.07 Å². The minimum Gasteiger partial charge on any atom is -0.468 e. The number of imidazole rings is 1. The summed E-state index contributed by atoms with van der Waals surface area (Å²) in [5.74, 6) is 0.887. The molecule has 0 N–H and O–H groups in total. The Morgan fingerprint density at radius 2 is 1.77 bits per heavy atom. The molecule has 1 aliphatic heterocycles. The molecule has 1 saturated heterocycles. The zero-order chi connectivity index (χ0) is 25.4. The number of halogens is 3. The highest BCUT2D eigenvalue weighted by Crippen LogP contribution is 2.32. The summed E-state index contributed by atoms with van der Waals surface area (Å²) >= 11 is 0. The molecule has 0 saturated carbocycles. The van der Waals surface area contributed by atoms with Crippen molar-refractivity contribution in [2.24, 2.45) is 5.92 Å². The van der Waals surface area contributed by atoms with E-state index >= 15 is 0 Å². The number of hydrogen-bond acceptors (Lipinski definition) is 6. The summed E-state index contributed by atoms with van der Waals surface area (Å²) in [4.78, 5) is 8.27. The van der Waals surface area contributed by atoms with E-state index in [2.05, 4.69) is 35.1 Å². The maximum Gasteiger partial charge on any atom is 0.422 e. The van der Waals surface area contributed by atoms with E-state index in [0.29, 0.717) is 11.4 Å². The zero-order valence-corrected chi connectivity index (χ0v) is 20.6. The molecule has 1 fully saturated rings. The molecule has 0 aliphatic carbocycles. The van der Waals surface area contributed by atoms with E-state index in [4.69, 9.17) is 9.72 Å². The number of aromatic nitrogens is 3. The maximum atomic E-state index is 13.3. The molecule has 0 unspecified atom stereocenters. The monoisotopic (exact) mass is 511 g/mol. The van der Waals surface area contributed by atoms with Crippen LogP contribution in [0.2, 0.25) is 0 Å². The van der Waals surface area contributed by atoms with Crippen LogP contribution in [-0.2, 0) is 26.5 Å². The van der Waals surface area contributed by atoms with Gasteiger partial charge in [-0.15, -0.1) is 0 Å². The number of ether oxygens (including phenoxy) is 2. The van der Waals surface area contributed by atoms with Crippen LogP contribution in [0.5, 0.6) is 5.88 Å². The molecular formula is C24H28F3N3O4S. The number of hydrogen-bond donors (Lipinski definition) is 0. The highest BCUT2D eigenvalue weighted by atomic mass is 32.2. The molecule has 0 radical (unpaired) electrons. The molecule has 7 nitrogen and oxygen atoms in total. The summed E-state index contributed by atoms with van der Waals surface area (Å²) in [5, 5.41) is 0. The average molecular weight is 512 g/mol. The molecule has 1 aromatic carbocycles. The zero-order valence-electron chi connectivity index (χ0n) is 19.8. The fourth-order valence-corrected chi connectivity index (χ4v) is 5.43. The number of benzene rings is 1. The molecule has 1 aliphatic rings. The molecule has 0 spiro atoms. The average Bonchev–Trinajstić information content (AvgIpc) is 3.16. The van der Waals surface area contributed by atoms with Gasteiger partial charge in [0.05, 0.1) is 20.8 Å². The fraction of sp³-hybridized carbons (Fsp3) is 0.500. The Morgan fingerprint density at radius 1 is 1.09 bits per heavy atom. The first-order valence-corrected chi connectivity index (χ1v) is 12.8. The van der Waals surface area contributed by atoms with Gasteiger partial charge in [-0.1, -0.05) is 20.8 Å². The molecule has 3 heterocycles. The predicted octanol–water partition coefficient (Wildman–Crippen LogP) is 4.93. The summed E-state index contributed by atoms with van der Waals surface area (Å²) in [6.45, 7) is 6.85. The highest BCUT2D eigenvalue weighted by Gasteiger charge is 2.30. The second kappa shape index (κ2) is 9.42. The molecular weight excluding hydrogens is 483 g/mol. The van der Waals surface area contributed by atoms with Crippen LogP contribution < -0.4 is 4.74 Å². The van der Waals surface area contributed by atoms with Crippen LogP contribution >= 0.6 is 0 Å². The first-order valence-electron chi connectivity index (χ1n) is 11.3. The van der Waals surface area contributed by atoms with Crippen molar-refractivity contribution >= 4 is 20.9 Å². The molecule has 3 aromatic rings. The van der Waals surface area contributed by atoms with Gasteiger partial charge in [-0.2, -0.15) is 13.2 Å². The minimum absolute atomic E-state index is 0.00542. The third-order valence-corrected chi connectivity index (χ3v) is 7.63.